The van der Waals surface area contributed by atoms with Crippen LogP contribution in [0.25, 0.3) is 10.9 Å². The monoisotopic (exact) mass is 379 g/mol. The molecule has 7 nitrogen and oxygen atoms in total. The molecule has 1 atom stereocenters. The second-order valence-electron chi connectivity index (χ2n) is 5.95. The molecule has 3 rings (SSSR count). The van der Waals surface area contributed by atoms with Crippen LogP contribution in [-0.2, 0) is 4.74 Å². The standard InChI is InChI=1S/C21H21N3O4/c1-4-15-6-5-7-16(10-15)24-21-17-11-20(28-14(2)25)19(27-9-8-26-3)12-18(17)22-13-23-21/h1,5-7,10-14,25H,8-9H2,2-3H3,(H,22,23,24). The summed E-state index contributed by atoms with van der Waals surface area (Å²) in [7, 11) is 1.59. The summed E-state index contributed by atoms with van der Waals surface area (Å²) in [4.78, 5) is 8.64. The highest BCUT2D eigenvalue weighted by molar-refractivity contribution is 5.93. The van der Waals surface area contributed by atoms with E-state index in [9.17, 15) is 5.11 Å². The lowest BCUT2D eigenvalue weighted by Crippen LogP contribution is -2.12. The van der Waals surface area contributed by atoms with Crippen LogP contribution in [0, 0.1) is 12.3 Å². The summed E-state index contributed by atoms with van der Waals surface area (Å²) in [6.45, 7) is 2.29. The molecule has 28 heavy (non-hydrogen) atoms. The molecule has 7 heteroatoms. The van der Waals surface area contributed by atoms with Gasteiger partial charge in [0.25, 0.3) is 0 Å². The molecule has 144 valence electrons. The molecule has 1 aromatic heterocycles. The van der Waals surface area contributed by atoms with Gasteiger partial charge in [-0.2, -0.15) is 0 Å². The summed E-state index contributed by atoms with van der Waals surface area (Å²) in [5.74, 6) is 4.03. The van der Waals surface area contributed by atoms with Gasteiger partial charge in [-0.3, -0.25) is 0 Å². The first-order valence-corrected chi connectivity index (χ1v) is 8.69. The van der Waals surface area contributed by atoms with Crippen LogP contribution >= 0.6 is 0 Å². The Morgan fingerprint density at radius 1 is 1.18 bits per heavy atom. The van der Waals surface area contributed by atoms with Gasteiger partial charge < -0.3 is 24.6 Å². The number of terminal acetylenes is 1. The highest BCUT2D eigenvalue weighted by atomic mass is 16.6. The van der Waals surface area contributed by atoms with E-state index in [0.29, 0.717) is 41.4 Å². The minimum Gasteiger partial charge on any atom is -0.487 e. The first-order valence-electron chi connectivity index (χ1n) is 8.69. The van der Waals surface area contributed by atoms with Crippen LogP contribution in [0.3, 0.4) is 0 Å². The molecule has 1 unspecified atom stereocenters. The van der Waals surface area contributed by atoms with Gasteiger partial charge >= 0.3 is 0 Å². The van der Waals surface area contributed by atoms with Crippen molar-refractivity contribution in [3.05, 3.63) is 48.3 Å². The van der Waals surface area contributed by atoms with E-state index in [1.54, 1.807) is 19.2 Å². The van der Waals surface area contributed by atoms with E-state index in [4.69, 9.17) is 20.6 Å². The zero-order valence-electron chi connectivity index (χ0n) is 15.7. The third kappa shape index (κ3) is 4.68. The Kier molecular flexibility index (Phi) is 6.27. The Morgan fingerprint density at radius 3 is 2.79 bits per heavy atom. The van der Waals surface area contributed by atoms with Crippen molar-refractivity contribution in [1.82, 2.24) is 9.97 Å². The molecule has 0 aliphatic heterocycles. The Balaban J connectivity index is 2.00. The molecule has 2 N–H and O–H groups in total. The molecular formula is C21H21N3O4. The Labute approximate surface area is 163 Å². The third-order valence-corrected chi connectivity index (χ3v) is 3.84. The molecular weight excluding hydrogens is 358 g/mol. The topological polar surface area (TPSA) is 85.7 Å². The molecule has 0 radical (unpaired) electrons. The van der Waals surface area contributed by atoms with Gasteiger partial charge in [-0.15, -0.1) is 6.42 Å². The van der Waals surface area contributed by atoms with Crippen LogP contribution in [0.2, 0.25) is 0 Å². The summed E-state index contributed by atoms with van der Waals surface area (Å²) < 4.78 is 16.2. The normalized spacial score (nSPS) is 11.6. The molecule has 0 saturated heterocycles. The minimum absolute atomic E-state index is 0.341. The predicted molar refractivity (Wildman–Crippen MR) is 107 cm³/mol. The van der Waals surface area contributed by atoms with Crippen molar-refractivity contribution >= 4 is 22.4 Å². The van der Waals surface area contributed by atoms with Gasteiger partial charge in [0.05, 0.1) is 12.1 Å². The number of hydrogen-bond acceptors (Lipinski definition) is 7. The number of aromatic nitrogens is 2. The average Bonchev–Trinajstić information content (AvgIpc) is 2.69. The zero-order valence-corrected chi connectivity index (χ0v) is 15.7. The lowest BCUT2D eigenvalue weighted by molar-refractivity contribution is -0.00273. The largest absolute Gasteiger partial charge is 0.487 e. The quantitative estimate of drug-likeness (QED) is 0.353. The maximum absolute atomic E-state index is 9.67. The number of fused-ring (bicyclic) bond motifs is 1. The summed E-state index contributed by atoms with van der Waals surface area (Å²) in [6.07, 6.45) is 5.93. The number of rotatable bonds is 8. The first-order chi connectivity index (χ1) is 13.6. The first kappa shape index (κ1) is 19.4. The van der Waals surface area contributed by atoms with E-state index in [2.05, 4.69) is 21.2 Å². The number of hydrogen-bond donors (Lipinski definition) is 2. The van der Waals surface area contributed by atoms with Crippen molar-refractivity contribution in [2.75, 3.05) is 25.6 Å². The highest BCUT2D eigenvalue weighted by Crippen LogP contribution is 2.35. The lowest BCUT2D eigenvalue weighted by atomic mass is 10.2. The fourth-order valence-electron chi connectivity index (χ4n) is 2.61. The predicted octanol–water partition coefficient (Wildman–Crippen LogP) is 3.10. The number of nitrogens with zero attached hydrogens (tertiary/aromatic N) is 2. The van der Waals surface area contributed by atoms with Crippen molar-refractivity contribution in [2.45, 2.75) is 13.2 Å². The van der Waals surface area contributed by atoms with Gasteiger partial charge in [-0.1, -0.05) is 12.0 Å². The van der Waals surface area contributed by atoms with Crippen LogP contribution in [0.5, 0.6) is 11.5 Å². The Hall–Kier alpha value is -3.34. The number of ether oxygens (including phenoxy) is 3. The maximum atomic E-state index is 9.67. The molecule has 3 aromatic rings. The zero-order chi connectivity index (χ0) is 19.9. The van der Waals surface area contributed by atoms with Gasteiger partial charge in [0, 0.05) is 29.8 Å². The molecule has 0 spiro atoms. The van der Waals surface area contributed by atoms with Crippen molar-refractivity contribution in [3.63, 3.8) is 0 Å². The molecule has 0 amide bonds. The Bertz CT molecular complexity index is 999. The van der Waals surface area contributed by atoms with Gasteiger partial charge in [0.2, 0.25) is 0 Å². The molecule has 2 aromatic carbocycles. The minimum atomic E-state index is -1.00. The van der Waals surface area contributed by atoms with E-state index in [0.717, 1.165) is 11.3 Å². The summed E-state index contributed by atoms with van der Waals surface area (Å²) in [5.41, 5.74) is 2.22. The molecule has 0 aliphatic rings. The van der Waals surface area contributed by atoms with Crippen molar-refractivity contribution in [2.24, 2.45) is 0 Å². The van der Waals surface area contributed by atoms with Crippen molar-refractivity contribution in [3.8, 4) is 23.8 Å². The SMILES string of the molecule is C#Cc1cccc(Nc2ncnc3cc(OCCOC)c(OC(C)O)cc23)c1. The molecule has 0 saturated carbocycles. The lowest BCUT2D eigenvalue weighted by Gasteiger charge is -2.16. The maximum Gasteiger partial charge on any atom is 0.194 e. The average molecular weight is 379 g/mol. The summed E-state index contributed by atoms with van der Waals surface area (Å²) >= 11 is 0. The van der Waals surface area contributed by atoms with Crippen LogP contribution in [-0.4, -0.2) is 41.7 Å². The number of nitrogens with one attached hydrogen (secondary N) is 1. The van der Waals surface area contributed by atoms with E-state index < -0.39 is 6.29 Å². The number of anilines is 2. The van der Waals surface area contributed by atoms with Crippen molar-refractivity contribution in [1.29, 1.82) is 0 Å². The fraction of sp³-hybridized carbons (Fsp3) is 0.238. The van der Waals surface area contributed by atoms with E-state index in [-0.39, 0.29) is 0 Å². The van der Waals surface area contributed by atoms with Gasteiger partial charge in [0.15, 0.2) is 17.8 Å². The van der Waals surface area contributed by atoms with Gasteiger partial charge in [0.1, 0.15) is 18.8 Å². The highest BCUT2D eigenvalue weighted by Gasteiger charge is 2.14. The number of aliphatic hydroxyl groups excluding tert-OH is 1. The van der Waals surface area contributed by atoms with E-state index in [1.165, 1.54) is 13.3 Å². The smallest absolute Gasteiger partial charge is 0.194 e. The van der Waals surface area contributed by atoms with Crippen LogP contribution in [0.15, 0.2) is 42.7 Å². The summed E-state index contributed by atoms with van der Waals surface area (Å²) in [5, 5.41) is 13.6. The van der Waals surface area contributed by atoms with E-state index >= 15 is 0 Å². The second-order valence-corrected chi connectivity index (χ2v) is 5.95. The van der Waals surface area contributed by atoms with Crippen LogP contribution in [0.1, 0.15) is 12.5 Å². The molecule has 0 fully saturated rings. The molecule has 0 aliphatic carbocycles. The van der Waals surface area contributed by atoms with Gasteiger partial charge in [-0.05, 0) is 31.2 Å². The number of aliphatic hydroxyl groups is 1. The Morgan fingerprint density at radius 2 is 2.04 bits per heavy atom. The van der Waals surface area contributed by atoms with Crippen molar-refractivity contribution < 1.29 is 19.3 Å². The van der Waals surface area contributed by atoms with Gasteiger partial charge in [-0.25, -0.2) is 9.97 Å². The molecule has 0 bridgehead atoms. The summed E-state index contributed by atoms with van der Waals surface area (Å²) in [6, 6.07) is 10.9. The second kappa shape index (κ2) is 9.04. The van der Waals surface area contributed by atoms with Crippen LogP contribution in [0.4, 0.5) is 11.5 Å². The number of benzene rings is 2. The number of methoxy groups -OCH3 is 1. The van der Waals surface area contributed by atoms with E-state index in [1.807, 2.05) is 24.3 Å². The molecule has 1 heterocycles. The van der Waals surface area contributed by atoms with Crippen LogP contribution < -0.4 is 14.8 Å². The third-order valence-electron chi connectivity index (χ3n) is 3.84. The fourth-order valence-corrected chi connectivity index (χ4v) is 2.61.